The third-order valence-electron chi connectivity index (χ3n) is 3.98. The Morgan fingerprint density at radius 2 is 2.18 bits per heavy atom. The lowest BCUT2D eigenvalue weighted by molar-refractivity contribution is -0.0234. The van der Waals surface area contributed by atoms with Crippen LogP contribution in [0.4, 0.5) is 0 Å². The molecule has 1 aliphatic heterocycles. The summed E-state index contributed by atoms with van der Waals surface area (Å²) in [6, 6.07) is 1.33. The Labute approximate surface area is 129 Å². The zero-order valence-corrected chi connectivity index (χ0v) is 13.2. The molecule has 1 fully saturated rings. The molecule has 0 radical (unpaired) electrons. The number of hydrogen-bond acceptors (Lipinski definition) is 4. The number of carbonyl (C=O) groups is 2. The molecule has 122 valence electrons. The van der Waals surface area contributed by atoms with Crippen molar-refractivity contribution in [2.45, 2.75) is 52.2 Å². The molecule has 1 saturated heterocycles. The molecule has 0 bridgehead atoms. The predicted molar refractivity (Wildman–Crippen MR) is 80.1 cm³/mol. The van der Waals surface area contributed by atoms with Gasteiger partial charge < -0.3 is 19.6 Å². The lowest BCUT2D eigenvalue weighted by Gasteiger charge is -2.32. The van der Waals surface area contributed by atoms with E-state index < -0.39 is 5.97 Å². The molecule has 1 aromatic rings. The first-order chi connectivity index (χ1) is 10.4. The second-order valence-electron chi connectivity index (χ2n) is 5.95. The first kappa shape index (κ1) is 16.5. The fourth-order valence-electron chi connectivity index (χ4n) is 2.66. The summed E-state index contributed by atoms with van der Waals surface area (Å²) in [6.45, 7) is 6.59. The Bertz CT molecular complexity index is 549. The Morgan fingerprint density at radius 1 is 1.45 bits per heavy atom. The highest BCUT2D eigenvalue weighted by atomic mass is 16.5. The smallest absolute Gasteiger partial charge is 0.339 e. The number of amides is 1. The maximum absolute atomic E-state index is 12.3. The maximum atomic E-state index is 12.3. The number of aryl methyl sites for hydroxylation is 1. The summed E-state index contributed by atoms with van der Waals surface area (Å²) in [5.74, 6) is -0.665. The van der Waals surface area contributed by atoms with Crippen LogP contribution in [0.2, 0.25) is 0 Å². The van der Waals surface area contributed by atoms with E-state index >= 15 is 0 Å². The van der Waals surface area contributed by atoms with Gasteiger partial charge in [-0.25, -0.2) is 4.79 Å². The zero-order valence-electron chi connectivity index (χ0n) is 13.2. The number of carboxylic acid groups (broad SMARTS) is 1. The van der Waals surface area contributed by atoms with Gasteiger partial charge in [0.1, 0.15) is 11.3 Å². The highest BCUT2D eigenvalue weighted by molar-refractivity contribution is 5.96. The number of nitrogens with one attached hydrogen (secondary N) is 1. The quantitative estimate of drug-likeness (QED) is 0.872. The van der Waals surface area contributed by atoms with Crippen molar-refractivity contribution >= 4 is 11.9 Å². The van der Waals surface area contributed by atoms with Gasteiger partial charge in [0.15, 0.2) is 5.76 Å². The van der Waals surface area contributed by atoms with Crippen molar-refractivity contribution in [3.05, 3.63) is 23.2 Å². The highest BCUT2D eigenvalue weighted by Gasteiger charge is 2.27. The van der Waals surface area contributed by atoms with E-state index in [1.54, 1.807) is 6.92 Å². The summed E-state index contributed by atoms with van der Waals surface area (Å²) in [7, 11) is 0. The molecular formula is C16H23NO5. The Hall–Kier alpha value is -1.82. The zero-order chi connectivity index (χ0) is 16.3. The predicted octanol–water partition coefficient (Wildman–Crippen LogP) is 2.47. The molecule has 2 heterocycles. The van der Waals surface area contributed by atoms with E-state index in [1.807, 2.05) is 0 Å². The SMILES string of the molecule is CCc1oc(C(=O)NC2CCOC(C(C)C)C2)cc1C(=O)O. The van der Waals surface area contributed by atoms with E-state index in [-0.39, 0.29) is 29.4 Å². The topological polar surface area (TPSA) is 88.8 Å². The number of carboxylic acids is 1. The first-order valence-electron chi connectivity index (χ1n) is 7.70. The molecular weight excluding hydrogens is 286 g/mol. The molecule has 2 atom stereocenters. The van der Waals surface area contributed by atoms with Crippen LogP contribution >= 0.6 is 0 Å². The lowest BCUT2D eigenvalue weighted by Crippen LogP contribution is -2.43. The van der Waals surface area contributed by atoms with Gasteiger partial charge in [0.25, 0.3) is 5.91 Å². The molecule has 2 unspecified atom stereocenters. The summed E-state index contributed by atoms with van der Waals surface area (Å²) < 4.78 is 11.1. The maximum Gasteiger partial charge on any atom is 0.339 e. The van der Waals surface area contributed by atoms with Gasteiger partial charge in [0.05, 0.1) is 6.10 Å². The van der Waals surface area contributed by atoms with Crippen LogP contribution in [0.3, 0.4) is 0 Å². The van der Waals surface area contributed by atoms with Crippen molar-refractivity contribution in [3.8, 4) is 0 Å². The van der Waals surface area contributed by atoms with Gasteiger partial charge in [0.2, 0.25) is 0 Å². The molecule has 0 saturated carbocycles. The summed E-state index contributed by atoms with van der Waals surface area (Å²) in [6.07, 6.45) is 2.08. The van der Waals surface area contributed by atoms with Crippen LogP contribution in [-0.4, -0.2) is 35.7 Å². The van der Waals surface area contributed by atoms with Gasteiger partial charge >= 0.3 is 5.97 Å². The summed E-state index contributed by atoms with van der Waals surface area (Å²) in [4.78, 5) is 23.4. The third-order valence-corrected chi connectivity index (χ3v) is 3.98. The Balaban J connectivity index is 2.04. The van der Waals surface area contributed by atoms with Gasteiger partial charge in [-0.05, 0) is 18.8 Å². The van der Waals surface area contributed by atoms with E-state index in [1.165, 1.54) is 6.07 Å². The van der Waals surface area contributed by atoms with Gasteiger partial charge in [-0.1, -0.05) is 20.8 Å². The highest BCUT2D eigenvalue weighted by Crippen LogP contribution is 2.21. The van der Waals surface area contributed by atoms with Crippen LogP contribution in [0, 0.1) is 5.92 Å². The van der Waals surface area contributed by atoms with Gasteiger partial charge in [-0.3, -0.25) is 4.79 Å². The molecule has 2 rings (SSSR count). The normalized spacial score (nSPS) is 21.8. The summed E-state index contributed by atoms with van der Waals surface area (Å²) in [5.41, 5.74) is 0.0553. The largest absolute Gasteiger partial charge is 0.478 e. The fraction of sp³-hybridized carbons (Fsp3) is 0.625. The van der Waals surface area contributed by atoms with Crippen LogP contribution in [-0.2, 0) is 11.2 Å². The third kappa shape index (κ3) is 3.68. The monoisotopic (exact) mass is 309 g/mol. The second kappa shape index (κ2) is 6.96. The van der Waals surface area contributed by atoms with Crippen LogP contribution in [0.1, 0.15) is 60.3 Å². The van der Waals surface area contributed by atoms with Crippen molar-refractivity contribution in [3.63, 3.8) is 0 Å². The fourth-order valence-corrected chi connectivity index (χ4v) is 2.66. The molecule has 0 aliphatic carbocycles. The number of furan rings is 1. The lowest BCUT2D eigenvalue weighted by atomic mass is 9.95. The van der Waals surface area contributed by atoms with Crippen molar-refractivity contribution in [2.24, 2.45) is 5.92 Å². The van der Waals surface area contributed by atoms with Crippen molar-refractivity contribution in [2.75, 3.05) is 6.61 Å². The van der Waals surface area contributed by atoms with Crippen molar-refractivity contribution < 1.29 is 23.8 Å². The molecule has 1 amide bonds. The average Bonchev–Trinajstić information content (AvgIpc) is 2.92. The minimum Gasteiger partial charge on any atom is -0.478 e. The van der Waals surface area contributed by atoms with Gasteiger partial charge in [-0.2, -0.15) is 0 Å². The molecule has 6 heteroatoms. The van der Waals surface area contributed by atoms with E-state index in [0.29, 0.717) is 24.7 Å². The number of rotatable bonds is 5. The van der Waals surface area contributed by atoms with Crippen LogP contribution < -0.4 is 5.32 Å². The van der Waals surface area contributed by atoms with Crippen molar-refractivity contribution in [1.82, 2.24) is 5.32 Å². The summed E-state index contributed by atoms with van der Waals surface area (Å²) >= 11 is 0. The van der Waals surface area contributed by atoms with Gasteiger partial charge in [0, 0.05) is 25.1 Å². The van der Waals surface area contributed by atoms with E-state index in [9.17, 15) is 9.59 Å². The molecule has 6 nitrogen and oxygen atoms in total. The van der Waals surface area contributed by atoms with E-state index in [0.717, 1.165) is 12.8 Å². The standard InChI is InChI=1S/C16H23NO5/c1-4-12-11(16(19)20)8-14(22-12)15(18)17-10-5-6-21-13(7-10)9(2)3/h8-10,13H,4-7H2,1-3H3,(H,17,18)(H,19,20). The second-order valence-corrected chi connectivity index (χ2v) is 5.95. The van der Waals surface area contributed by atoms with Crippen molar-refractivity contribution in [1.29, 1.82) is 0 Å². The molecule has 0 aromatic carbocycles. The molecule has 0 spiro atoms. The number of aromatic carboxylic acids is 1. The molecule has 2 N–H and O–H groups in total. The number of hydrogen-bond donors (Lipinski definition) is 2. The number of carbonyl (C=O) groups excluding carboxylic acids is 1. The Morgan fingerprint density at radius 3 is 2.73 bits per heavy atom. The average molecular weight is 309 g/mol. The Kier molecular flexibility index (Phi) is 5.24. The van der Waals surface area contributed by atoms with Crippen LogP contribution in [0.15, 0.2) is 10.5 Å². The first-order valence-corrected chi connectivity index (χ1v) is 7.70. The van der Waals surface area contributed by atoms with Crippen LogP contribution in [0.25, 0.3) is 0 Å². The van der Waals surface area contributed by atoms with Crippen LogP contribution in [0.5, 0.6) is 0 Å². The minimum atomic E-state index is -1.08. The molecule has 1 aromatic heterocycles. The molecule has 22 heavy (non-hydrogen) atoms. The molecule has 1 aliphatic rings. The number of ether oxygens (including phenoxy) is 1. The minimum absolute atomic E-state index is 0.0251. The summed E-state index contributed by atoms with van der Waals surface area (Å²) in [5, 5.41) is 12.0. The van der Waals surface area contributed by atoms with E-state index in [2.05, 4.69) is 19.2 Å². The van der Waals surface area contributed by atoms with E-state index in [4.69, 9.17) is 14.3 Å². The van der Waals surface area contributed by atoms with Gasteiger partial charge in [-0.15, -0.1) is 0 Å².